The Kier molecular flexibility index (Phi) is 6.54. The first-order chi connectivity index (χ1) is 17.7. The molecule has 8 atom stereocenters. The van der Waals surface area contributed by atoms with Crippen molar-refractivity contribution < 1.29 is 58.7 Å². The lowest BCUT2D eigenvalue weighted by molar-refractivity contribution is -0.271. The molecule has 2 aromatic rings. The first kappa shape index (κ1) is 25.4. The number of rotatable bonds is 6. The molecule has 2 aromatic carbocycles. The molecule has 5 N–H and O–H groups in total. The van der Waals surface area contributed by atoms with E-state index in [0.29, 0.717) is 34.8 Å². The van der Waals surface area contributed by atoms with Crippen molar-refractivity contribution in [2.75, 3.05) is 14.2 Å². The summed E-state index contributed by atoms with van der Waals surface area (Å²) in [6, 6.07) is 6.64. The van der Waals surface area contributed by atoms with E-state index < -0.39 is 55.0 Å². The van der Waals surface area contributed by atoms with E-state index >= 15 is 0 Å². The molecule has 0 spiro atoms. The van der Waals surface area contributed by atoms with E-state index in [-0.39, 0.29) is 11.5 Å². The Balaban J connectivity index is 1.49. The van der Waals surface area contributed by atoms with Gasteiger partial charge in [-0.25, -0.2) is 4.79 Å². The van der Waals surface area contributed by atoms with Gasteiger partial charge in [-0.05, 0) is 24.1 Å². The summed E-state index contributed by atoms with van der Waals surface area (Å²) < 4.78 is 34.0. The predicted octanol–water partition coefficient (Wildman–Crippen LogP) is 0.465. The summed E-state index contributed by atoms with van der Waals surface area (Å²) in [7, 11) is 3.01. The van der Waals surface area contributed by atoms with E-state index in [2.05, 4.69) is 0 Å². The Hall–Kier alpha value is -3.29. The molecule has 12 nitrogen and oxygen atoms in total. The summed E-state index contributed by atoms with van der Waals surface area (Å²) in [5, 5.41) is 50.6. The third kappa shape index (κ3) is 4.01. The van der Waals surface area contributed by atoms with Crippen molar-refractivity contribution in [1.29, 1.82) is 0 Å². The van der Waals surface area contributed by atoms with Gasteiger partial charge in [0.15, 0.2) is 17.6 Å². The average Bonchev–Trinajstić information content (AvgIpc) is 3.27. The van der Waals surface area contributed by atoms with Crippen molar-refractivity contribution in [2.24, 2.45) is 0 Å². The topological polar surface area (TPSA) is 174 Å². The normalized spacial score (nSPS) is 31.8. The van der Waals surface area contributed by atoms with Crippen molar-refractivity contribution in [3.63, 3.8) is 0 Å². The van der Waals surface area contributed by atoms with Crippen LogP contribution in [0.3, 0.4) is 0 Å². The SMILES string of the molecule is CCc1cc(O[C@H]2O[C@H](C(=O)O)[C@@H](O)[C@H](O)[C@H]2O)cc2c1[C@H]1Oc3c(ccc(OC)c3OC)[C@@H]1[C@@H](O)O2. The molecular weight excluding hydrogens is 492 g/mol. The molecule has 0 bridgehead atoms. The molecule has 3 aliphatic heterocycles. The molecule has 0 radical (unpaired) electrons. The molecule has 3 aliphatic rings. The van der Waals surface area contributed by atoms with Gasteiger partial charge in [0, 0.05) is 17.2 Å². The minimum absolute atomic E-state index is 0.132. The van der Waals surface area contributed by atoms with Crippen molar-refractivity contribution in [2.45, 2.75) is 62.4 Å². The molecule has 0 aromatic heterocycles. The van der Waals surface area contributed by atoms with E-state index in [1.54, 1.807) is 18.2 Å². The molecular formula is C25H28O12. The van der Waals surface area contributed by atoms with Gasteiger partial charge in [-0.15, -0.1) is 0 Å². The number of aryl methyl sites for hydroxylation is 1. The van der Waals surface area contributed by atoms with E-state index in [4.69, 9.17) is 28.4 Å². The van der Waals surface area contributed by atoms with Crippen LogP contribution in [0.15, 0.2) is 24.3 Å². The molecule has 0 amide bonds. The van der Waals surface area contributed by atoms with Crippen LogP contribution >= 0.6 is 0 Å². The third-order valence-corrected chi connectivity index (χ3v) is 6.95. The minimum Gasteiger partial charge on any atom is -0.493 e. The van der Waals surface area contributed by atoms with Crippen LogP contribution in [0.5, 0.6) is 28.7 Å². The standard InChI is InChI=1S/C25H28O12/c1-4-9-7-10(34-25-18(28)16(26)17(27)22(37-25)23(29)30)8-13-14(9)21-15(24(31)35-13)11-5-6-12(32-2)20(33-3)19(11)36-21/h5-8,15-18,21-22,24-28,31H,4H2,1-3H3,(H,29,30)/t15-,16-,17-,18+,21+,22-,24-,25-/m0/s1. The van der Waals surface area contributed by atoms with Crippen molar-refractivity contribution in [3.8, 4) is 28.7 Å². The molecule has 37 heavy (non-hydrogen) atoms. The Labute approximate surface area is 211 Å². The van der Waals surface area contributed by atoms with Gasteiger partial charge < -0.3 is 54.0 Å². The first-order valence-corrected chi connectivity index (χ1v) is 11.7. The van der Waals surface area contributed by atoms with E-state index in [1.807, 2.05) is 6.92 Å². The van der Waals surface area contributed by atoms with Gasteiger partial charge in [0.25, 0.3) is 0 Å². The lowest BCUT2D eigenvalue weighted by Gasteiger charge is -2.39. The molecule has 12 heteroatoms. The molecule has 0 aliphatic carbocycles. The quantitative estimate of drug-likeness (QED) is 0.357. The van der Waals surface area contributed by atoms with Crippen LogP contribution < -0.4 is 23.7 Å². The molecule has 3 heterocycles. The number of aliphatic hydroxyl groups excluding tert-OH is 4. The highest BCUT2D eigenvalue weighted by molar-refractivity contribution is 5.73. The van der Waals surface area contributed by atoms with Crippen molar-refractivity contribution in [1.82, 2.24) is 0 Å². The highest BCUT2D eigenvalue weighted by Crippen LogP contribution is 2.58. The van der Waals surface area contributed by atoms with Crippen LogP contribution in [0.2, 0.25) is 0 Å². The second kappa shape index (κ2) is 9.54. The Morgan fingerprint density at radius 3 is 2.41 bits per heavy atom. The number of carbonyl (C=O) groups is 1. The monoisotopic (exact) mass is 520 g/mol. The minimum atomic E-state index is -1.84. The fourth-order valence-corrected chi connectivity index (χ4v) is 5.13. The number of benzene rings is 2. The molecule has 5 rings (SSSR count). The van der Waals surface area contributed by atoms with Crippen LogP contribution in [-0.4, -0.2) is 82.7 Å². The number of fused-ring (bicyclic) bond motifs is 5. The molecule has 1 fully saturated rings. The zero-order valence-corrected chi connectivity index (χ0v) is 20.2. The summed E-state index contributed by atoms with van der Waals surface area (Å²) in [6.45, 7) is 1.90. The Morgan fingerprint density at radius 2 is 1.76 bits per heavy atom. The predicted molar refractivity (Wildman–Crippen MR) is 123 cm³/mol. The largest absolute Gasteiger partial charge is 0.493 e. The Morgan fingerprint density at radius 1 is 1.00 bits per heavy atom. The van der Waals surface area contributed by atoms with Crippen molar-refractivity contribution in [3.05, 3.63) is 41.0 Å². The summed E-state index contributed by atoms with van der Waals surface area (Å²) in [6.07, 6.45) is -10.1. The van der Waals surface area contributed by atoms with Gasteiger partial charge in [0.05, 0.1) is 20.1 Å². The van der Waals surface area contributed by atoms with Crippen LogP contribution in [-0.2, 0) is 16.0 Å². The molecule has 0 unspecified atom stereocenters. The fourth-order valence-electron chi connectivity index (χ4n) is 5.13. The number of aliphatic hydroxyl groups is 4. The van der Waals surface area contributed by atoms with E-state index in [0.717, 1.165) is 5.56 Å². The van der Waals surface area contributed by atoms with Gasteiger partial charge in [-0.2, -0.15) is 0 Å². The van der Waals surface area contributed by atoms with Crippen LogP contribution in [0.1, 0.15) is 35.6 Å². The van der Waals surface area contributed by atoms with E-state index in [1.165, 1.54) is 20.3 Å². The second-order valence-corrected chi connectivity index (χ2v) is 8.99. The zero-order valence-electron chi connectivity index (χ0n) is 20.2. The van der Waals surface area contributed by atoms with Gasteiger partial charge in [0.2, 0.25) is 18.3 Å². The number of aliphatic carboxylic acids is 1. The number of hydrogen-bond acceptors (Lipinski definition) is 11. The second-order valence-electron chi connectivity index (χ2n) is 8.99. The number of methoxy groups -OCH3 is 2. The highest BCUT2D eigenvalue weighted by atomic mass is 16.7. The van der Waals surface area contributed by atoms with Crippen LogP contribution in [0.25, 0.3) is 0 Å². The van der Waals surface area contributed by atoms with Gasteiger partial charge in [-0.1, -0.05) is 13.0 Å². The van der Waals surface area contributed by atoms with E-state index in [9.17, 15) is 30.3 Å². The van der Waals surface area contributed by atoms with Crippen LogP contribution in [0, 0.1) is 0 Å². The fraction of sp³-hybridized carbons (Fsp3) is 0.480. The maximum absolute atomic E-state index is 11.4. The number of carboxylic acid groups (broad SMARTS) is 1. The third-order valence-electron chi connectivity index (χ3n) is 6.95. The average molecular weight is 520 g/mol. The van der Waals surface area contributed by atoms with Gasteiger partial charge >= 0.3 is 5.97 Å². The number of hydrogen-bond donors (Lipinski definition) is 5. The Bertz CT molecular complexity index is 1200. The maximum Gasteiger partial charge on any atom is 0.335 e. The lowest BCUT2D eigenvalue weighted by Crippen LogP contribution is -2.61. The summed E-state index contributed by atoms with van der Waals surface area (Å²) >= 11 is 0. The van der Waals surface area contributed by atoms with Gasteiger partial charge in [-0.3, -0.25) is 0 Å². The molecule has 0 saturated carbocycles. The first-order valence-electron chi connectivity index (χ1n) is 11.7. The maximum atomic E-state index is 11.4. The smallest absolute Gasteiger partial charge is 0.335 e. The van der Waals surface area contributed by atoms with Crippen LogP contribution in [0.4, 0.5) is 0 Å². The number of ether oxygens (including phenoxy) is 6. The van der Waals surface area contributed by atoms with Gasteiger partial charge in [0.1, 0.15) is 35.9 Å². The summed E-state index contributed by atoms with van der Waals surface area (Å²) in [5.74, 6) is -0.340. The number of carboxylic acids is 1. The lowest BCUT2D eigenvalue weighted by atomic mass is 9.85. The summed E-state index contributed by atoms with van der Waals surface area (Å²) in [5.41, 5.74) is 2.13. The zero-order chi connectivity index (χ0) is 26.6. The highest BCUT2D eigenvalue weighted by Gasteiger charge is 2.50. The molecule has 200 valence electrons. The summed E-state index contributed by atoms with van der Waals surface area (Å²) in [4.78, 5) is 11.4. The molecule has 1 saturated heterocycles. The van der Waals surface area contributed by atoms with Crippen molar-refractivity contribution >= 4 is 5.97 Å².